The van der Waals surface area contributed by atoms with E-state index in [2.05, 4.69) is 15.6 Å². The molecule has 2 aromatic heterocycles. The van der Waals surface area contributed by atoms with Crippen LogP contribution >= 0.6 is 22.7 Å². The molecule has 2 amide bonds. The Hall–Kier alpha value is -1.73. The van der Waals surface area contributed by atoms with Gasteiger partial charge in [-0.15, -0.1) is 22.7 Å². The van der Waals surface area contributed by atoms with Gasteiger partial charge in [0.15, 0.2) is 5.13 Å². The van der Waals surface area contributed by atoms with Gasteiger partial charge in [-0.25, -0.2) is 4.98 Å². The number of fused-ring (bicyclic) bond motifs is 1. The molecule has 110 valence electrons. The predicted molar refractivity (Wildman–Crippen MR) is 84.0 cm³/mol. The van der Waals surface area contributed by atoms with E-state index in [-0.39, 0.29) is 18.4 Å². The van der Waals surface area contributed by atoms with Crippen molar-refractivity contribution in [3.63, 3.8) is 0 Å². The number of hydrogen-bond donors (Lipinski definition) is 2. The molecule has 0 saturated carbocycles. The van der Waals surface area contributed by atoms with E-state index in [1.54, 1.807) is 23.5 Å². The third kappa shape index (κ3) is 3.48. The van der Waals surface area contributed by atoms with Crippen molar-refractivity contribution in [3.8, 4) is 0 Å². The monoisotopic (exact) mass is 321 g/mol. The van der Waals surface area contributed by atoms with Crippen LogP contribution in [0.2, 0.25) is 0 Å². The van der Waals surface area contributed by atoms with Gasteiger partial charge >= 0.3 is 0 Å². The van der Waals surface area contributed by atoms with Gasteiger partial charge in [0.1, 0.15) is 0 Å². The highest BCUT2D eigenvalue weighted by molar-refractivity contribution is 7.15. The first kappa shape index (κ1) is 14.2. The van der Waals surface area contributed by atoms with Gasteiger partial charge in [0.05, 0.1) is 17.1 Å². The van der Waals surface area contributed by atoms with Crippen LogP contribution in [0.1, 0.15) is 33.1 Å². The minimum Gasteiger partial charge on any atom is -0.342 e. The molecule has 7 heteroatoms. The Morgan fingerprint density at radius 1 is 1.29 bits per heavy atom. The zero-order valence-corrected chi connectivity index (χ0v) is 13.0. The highest BCUT2D eigenvalue weighted by Crippen LogP contribution is 2.29. The van der Waals surface area contributed by atoms with Crippen molar-refractivity contribution in [1.29, 1.82) is 0 Å². The smallest absolute Gasteiger partial charge is 0.261 e. The highest BCUT2D eigenvalue weighted by atomic mass is 32.1. The Bertz CT molecular complexity index is 626. The first-order valence-electron chi connectivity index (χ1n) is 6.82. The number of amides is 2. The third-order valence-electron chi connectivity index (χ3n) is 3.25. The van der Waals surface area contributed by atoms with E-state index in [9.17, 15) is 9.59 Å². The summed E-state index contributed by atoms with van der Waals surface area (Å²) in [5, 5.41) is 7.82. The fourth-order valence-electron chi connectivity index (χ4n) is 2.22. The zero-order valence-electron chi connectivity index (χ0n) is 11.3. The summed E-state index contributed by atoms with van der Waals surface area (Å²) in [6, 6.07) is 3.53. The van der Waals surface area contributed by atoms with Gasteiger partial charge < -0.3 is 10.6 Å². The molecule has 3 rings (SSSR count). The number of carbonyl (C=O) groups excluding carboxylic acids is 2. The lowest BCUT2D eigenvalue weighted by Crippen LogP contribution is -2.32. The summed E-state index contributed by atoms with van der Waals surface area (Å²) in [5.74, 6) is -0.468. The summed E-state index contributed by atoms with van der Waals surface area (Å²) in [6.45, 7) is -0.0407. The van der Waals surface area contributed by atoms with Crippen LogP contribution in [0.15, 0.2) is 17.5 Å². The van der Waals surface area contributed by atoms with Crippen LogP contribution in [-0.4, -0.2) is 23.3 Å². The van der Waals surface area contributed by atoms with Crippen molar-refractivity contribution in [3.05, 3.63) is 33.0 Å². The summed E-state index contributed by atoms with van der Waals surface area (Å²) in [7, 11) is 0. The quantitative estimate of drug-likeness (QED) is 0.908. The number of nitrogens with one attached hydrogen (secondary N) is 2. The molecule has 0 spiro atoms. The van der Waals surface area contributed by atoms with Gasteiger partial charge in [-0.3, -0.25) is 9.59 Å². The molecule has 5 nitrogen and oxygen atoms in total. The second kappa shape index (κ2) is 6.36. The Balaban J connectivity index is 1.52. The summed E-state index contributed by atoms with van der Waals surface area (Å²) < 4.78 is 0. The van der Waals surface area contributed by atoms with Crippen molar-refractivity contribution >= 4 is 39.6 Å². The molecule has 2 heterocycles. The van der Waals surface area contributed by atoms with E-state index in [0.29, 0.717) is 10.0 Å². The molecule has 2 N–H and O–H groups in total. The number of nitrogens with zero attached hydrogens (tertiary/aromatic N) is 1. The van der Waals surface area contributed by atoms with Crippen LogP contribution < -0.4 is 10.6 Å². The summed E-state index contributed by atoms with van der Waals surface area (Å²) in [6.07, 6.45) is 4.41. The topological polar surface area (TPSA) is 71.1 Å². The number of thiazole rings is 1. The molecule has 0 aliphatic heterocycles. The van der Waals surface area contributed by atoms with Crippen LogP contribution in [-0.2, 0) is 17.6 Å². The lowest BCUT2D eigenvalue weighted by Gasteiger charge is -2.06. The van der Waals surface area contributed by atoms with Crippen molar-refractivity contribution < 1.29 is 9.59 Å². The number of aryl methyl sites for hydroxylation is 2. The van der Waals surface area contributed by atoms with Gasteiger partial charge in [0.2, 0.25) is 5.91 Å². The molecule has 0 atom stereocenters. The molecule has 0 unspecified atom stereocenters. The Kier molecular flexibility index (Phi) is 4.31. The van der Waals surface area contributed by atoms with Crippen LogP contribution in [0.3, 0.4) is 0 Å². The van der Waals surface area contributed by atoms with E-state index in [0.717, 1.165) is 18.5 Å². The number of carbonyl (C=O) groups is 2. The van der Waals surface area contributed by atoms with Crippen molar-refractivity contribution in [2.24, 2.45) is 0 Å². The van der Waals surface area contributed by atoms with Gasteiger partial charge in [0, 0.05) is 4.88 Å². The molecule has 0 bridgehead atoms. The first-order chi connectivity index (χ1) is 10.2. The first-order valence-corrected chi connectivity index (χ1v) is 8.52. The van der Waals surface area contributed by atoms with Crippen molar-refractivity contribution in [1.82, 2.24) is 10.3 Å². The Morgan fingerprint density at radius 3 is 2.90 bits per heavy atom. The molecule has 1 aliphatic carbocycles. The normalized spacial score (nSPS) is 13.5. The van der Waals surface area contributed by atoms with Crippen molar-refractivity contribution in [2.75, 3.05) is 11.9 Å². The summed E-state index contributed by atoms with van der Waals surface area (Å²) >= 11 is 2.89. The average molecular weight is 321 g/mol. The fraction of sp³-hybridized carbons (Fsp3) is 0.357. The molecular formula is C14H15N3O2S2. The molecule has 0 radical (unpaired) electrons. The molecule has 21 heavy (non-hydrogen) atoms. The number of thiophene rings is 1. The number of aromatic nitrogens is 1. The lowest BCUT2D eigenvalue weighted by molar-refractivity contribution is -0.115. The van der Waals surface area contributed by atoms with Crippen molar-refractivity contribution in [2.45, 2.75) is 25.7 Å². The summed E-state index contributed by atoms with van der Waals surface area (Å²) in [4.78, 5) is 29.9. The maximum Gasteiger partial charge on any atom is 0.261 e. The molecule has 0 fully saturated rings. The summed E-state index contributed by atoms with van der Waals surface area (Å²) in [5.41, 5.74) is 1.11. The Labute approximate surface area is 130 Å². The molecule has 2 aromatic rings. The van der Waals surface area contributed by atoms with Crippen LogP contribution in [0.25, 0.3) is 0 Å². The lowest BCUT2D eigenvalue weighted by atomic mass is 10.0. The fourth-order valence-corrected chi connectivity index (χ4v) is 3.93. The van der Waals surface area contributed by atoms with Crippen LogP contribution in [0.4, 0.5) is 5.13 Å². The number of hydrogen-bond acceptors (Lipinski definition) is 5. The second-order valence-electron chi connectivity index (χ2n) is 4.80. The SMILES string of the molecule is O=C(CNC(=O)c1cccs1)Nc1nc2c(s1)CCCC2. The van der Waals surface area contributed by atoms with Gasteiger partial charge in [0.25, 0.3) is 5.91 Å². The second-order valence-corrected chi connectivity index (χ2v) is 6.84. The highest BCUT2D eigenvalue weighted by Gasteiger charge is 2.16. The van der Waals surface area contributed by atoms with E-state index in [1.807, 2.05) is 5.38 Å². The number of anilines is 1. The predicted octanol–water partition coefficient (Wildman–Crippen LogP) is 2.45. The largest absolute Gasteiger partial charge is 0.342 e. The van der Waals surface area contributed by atoms with E-state index in [4.69, 9.17) is 0 Å². The zero-order chi connectivity index (χ0) is 14.7. The van der Waals surface area contributed by atoms with Gasteiger partial charge in [-0.1, -0.05) is 6.07 Å². The molecular weight excluding hydrogens is 306 g/mol. The maximum atomic E-state index is 11.8. The van der Waals surface area contributed by atoms with Gasteiger partial charge in [-0.05, 0) is 37.1 Å². The molecule has 0 aromatic carbocycles. The van der Waals surface area contributed by atoms with Gasteiger partial charge in [-0.2, -0.15) is 0 Å². The van der Waals surface area contributed by atoms with E-state index < -0.39 is 0 Å². The van der Waals surface area contributed by atoms with E-state index >= 15 is 0 Å². The Morgan fingerprint density at radius 2 is 2.14 bits per heavy atom. The molecule has 0 saturated heterocycles. The van der Waals surface area contributed by atoms with Crippen LogP contribution in [0.5, 0.6) is 0 Å². The minimum atomic E-state index is -0.244. The standard InChI is InChI=1S/C14H15N3O2S2/c18-12(8-15-13(19)11-6-3-7-20-11)17-14-16-9-4-1-2-5-10(9)21-14/h3,6-7H,1-2,4-5,8H2,(H,15,19)(H,16,17,18). The van der Waals surface area contributed by atoms with Crippen LogP contribution in [0, 0.1) is 0 Å². The average Bonchev–Trinajstić information content (AvgIpc) is 3.13. The minimum absolute atomic E-state index is 0.0407. The molecule has 1 aliphatic rings. The third-order valence-corrected chi connectivity index (χ3v) is 5.19. The van der Waals surface area contributed by atoms with E-state index in [1.165, 1.54) is 29.1 Å². The maximum absolute atomic E-state index is 11.8. The number of rotatable bonds is 4.